The number of hydrogen-bond donors (Lipinski definition) is 2. The molecule has 0 spiro atoms. The van der Waals surface area contributed by atoms with Gasteiger partial charge in [-0.1, -0.05) is 13.0 Å². The Morgan fingerprint density at radius 1 is 1.53 bits per heavy atom. The number of nitrogen functional groups attached to an aromatic ring is 1. The summed E-state index contributed by atoms with van der Waals surface area (Å²) in [5.74, 6) is 0.0694. The van der Waals surface area contributed by atoms with Crippen LogP contribution in [0.1, 0.15) is 28.9 Å². The number of anilines is 1. The lowest BCUT2D eigenvalue weighted by molar-refractivity contribution is 0.0947. The summed E-state index contributed by atoms with van der Waals surface area (Å²) in [4.78, 5) is 15.8. The van der Waals surface area contributed by atoms with Crippen molar-refractivity contribution < 1.29 is 13.6 Å². The fourth-order valence-corrected chi connectivity index (χ4v) is 1.58. The molecule has 6 heteroatoms. The monoisotopic (exact) mass is 263 g/mol. The maximum Gasteiger partial charge on any atom is 0.253 e. The zero-order valence-electron chi connectivity index (χ0n) is 10.4. The van der Waals surface area contributed by atoms with E-state index in [0.717, 1.165) is 12.2 Å². The van der Waals surface area contributed by atoms with Crippen molar-refractivity contribution in [3.8, 4) is 0 Å². The van der Waals surface area contributed by atoms with Gasteiger partial charge < -0.3 is 15.5 Å². The van der Waals surface area contributed by atoms with Crippen molar-refractivity contribution in [1.29, 1.82) is 0 Å². The molecular weight excluding hydrogens is 249 g/mol. The summed E-state index contributed by atoms with van der Waals surface area (Å²) in [6.07, 6.45) is 2.34. The van der Waals surface area contributed by atoms with Crippen LogP contribution in [0.15, 0.2) is 28.8 Å². The molecule has 2 rings (SSSR count). The molecule has 0 saturated heterocycles. The van der Waals surface area contributed by atoms with Crippen molar-refractivity contribution in [2.75, 3.05) is 5.73 Å². The molecule has 0 aliphatic carbocycles. The smallest absolute Gasteiger partial charge is 0.253 e. The third-order valence-electron chi connectivity index (χ3n) is 2.65. The van der Waals surface area contributed by atoms with Crippen molar-refractivity contribution in [1.82, 2.24) is 10.3 Å². The van der Waals surface area contributed by atoms with Crippen LogP contribution in [-0.4, -0.2) is 10.9 Å². The number of amides is 1. The third-order valence-corrected chi connectivity index (χ3v) is 2.65. The fourth-order valence-electron chi connectivity index (χ4n) is 1.58. The Morgan fingerprint density at radius 3 is 3.00 bits per heavy atom. The van der Waals surface area contributed by atoms with Crippen LogP contribution in [0, 0.1) is 5.82 Å². The number of para-hydroxylation sites is 1. The second-order valence-corrected chi connectivity index (χ2v) is 3.96. The van der Waals surface area contributed by atoms with Gasteiger partial charge in [0.2, 0.25) is 5.89 Å². The first kappa shape index (κ1) is 13.1. The van der Waals surface area contributed by atoms with Gasteiger partial charge in [-0.15, -0.1) is 0 Å². The number of oxazole rings is 1. The molecule has 5 nitrogen and oxygen atoms in total. The van der Waals surface area contributed by atoms with Crippen molar-refractivity contribution in [2.24, 2.45) is 0 Å². The number of hydrogen-bond acceptors (Lipinski definition) is 4. The molecule has 0 aliphatic heterocycles. The molecule has 0 atom stereocenters. The Hall–Kier alpha value is -2.37. The first-order valence-corrected chi connectivity index (χ1v) is 5.87. The van der Waals surface area contributed by atoms with Gasteiger partial charge in [-0.05, 0) is 12.1 Å². The second-order valence-electron chi connectivity index (χ2n) is 3.96. The number of nitrogens with zero attached hydrogens (tertiary/aromatic N) is 1. The Labute approximate surface area is 109 Å². The molecule has 3 N–H and O–H groups in total. The van der Waals surface area contributed by atoms with E-state index in [2.05, 4.69) is 10.3 Å². The highest BCUT2D eigenvalue weighted by molar-refractivity contribution is 5.99. The van der Waals surface area contributed by atoms with E-state index in [1.165, 1.54) is 18.2 Å². The van der Waals surface area contributed by atoms with E-state index in [-0.39, 0.29) is 17.8 Å². The van der Waals surface area contributed by atoms with E-state index >= 15 is 0 Å². The van der Waals surface area contributed by atoms with Gasteiger partial charge in [0.1, 0.15) is 11.6 Å². The van der Waals surface area contributed by atoms with E-state index in [4.69, 9.17) is 10.2 Å². The van der Waals surface area contributed by atoms with Crippen LogP contribution in [0.4, 0.5) is 10.1 Å². The van der Waals surface area contributed by atoms with Gasteiger partial charge in [-0.3, -0.25) is 4.79 Å². The predicted octanol–water partition coefficient (Wildman–Crippen LogP) is 1.89. The minimum Gasteiger partial charge on any atom is -0.444 e. The lowest BCUT2D eigenvalue weighted by Crippen LogP contribution is -2.24. The van der Waals surface area contributed by atoms with Gasteiger partial charge in [0.05, 0.1) is 24.0 Å². The molecule has 1 aromatic carbocycles. The van der Waals surface area contributed by atoms with Crippen LogP contribution in [0.25, 0.3) is 0 Å². The number of nitrogens with one attached hydrogen (secondary N) is 1. The molecule has 0 bridgehead atoms. The van der Waals surface area contributed by atoms with Crippen LogP contribution in [-0.2, 0) is 13.0 Å². The highest BCUT2D eigenvalue weighted by Gasteiger charge is 2.13. The van der Waals surface area contributed by atoms with E-state index in [0.29, 0.717) is 5.89 Å². The second kappa shape index (κ2) is 5.51. The summed E-state index contributed by atoms with van der Waals surface area (Å²) in [6, 6.07) is 4.09. The van der Waals surface area contributed by atoms with Crippen molar-refractivity contribution in [3.63, 3.8) is 0 Å². The van der Waals surface area contributed by atoms with Gasteiger partial charge in [0, 0.05) is 6.42 Å². The van der Waals surface area contributed by atoms with E-state index in [1.807, 2.05) is 6.92 Å². The zero-order valence-corrected chi connectivity index (χ0v) is 10.4. The normalized spacial score (nSPS) is 10.4. The topological polar surface area (TPSA) is 81.2 Å². The fraction of sp³-hybridized carbons (Fsp3) is 0.231. The summed E-state index contributed by atoms with van der Waals surface area (Å²) in [7, 11) is 0. The lowest BCUT2D eigenvalue weighted by atomic mass is 10.1. The third kappa shape index (κ3) is 2.90. The molecule has 0 unspecified atom stereocenters. The van der Waals surface area contributed by atoms with Crippen molar-refractivity contribution in [3.05, 3.63) is 47.4 Å². The Bertz CT molecular complexity index is 595. The van der Waals surface area contributed by atoms with Crippen LogP contribution < -0.4 is 11.1 Å². The maximum atomic E-state index is 13.2. The summed E-state index contributed by atoms with van der Waals surface area (Å²) < 4.78 is 18.6. The molecule has 0 aliphatic rings. The average Bonchev–Trinajstić information content (AvgIpc) is 2.87. The largest absolute Gasteiger partial charge is 0.444 e. The first-order valence-electron chi connectivity index (χ1n) is 5.87. The lowest BCUT2D eigenvalue weighted by Gasteiger charge is -2.06. The van der Waals surface area contributed by atoms with Gasteiger partial charge in [0.15, 0.2) is 0 Å². The van der Waals surface area contributed by atoms with E-state index < -0.39 is 11.7 Å². The number of aryl methyl sites for hydroxylation is 1. The first-order chi connectivity index (χ1) is 9.11. The maximum absolute atomic E-state index is 13.2. The highest BCUT2D eigenvalue weighted by atomic mass is 19.1. The number of carbonyl (C=O) groups is 1. The molecule has 1 aromatic heterocycles. The molecule has 2 aromatic rings. The van der Waals surface area contributed by atoms with Gasteiger partial charge in [-0.25, -0.2) is 9.37 Å². The number of nitrogens with two attached hydrogens (primary N) is 1. The molecular formula is C13H14FN3O2. The van der Waals surface area contributed by atoms with Gasteiger partial charge in [-0.2, -0.15) is 0 Å². The zero-order chi connectivity index (χ0) is 13.8. The molecule has 100 valence electrons. The van der Waals surface area contributed by atoms with Crippen LogP contribution in [0.2, 0.25) is 0 Å². The molecule has 0 saturated carbocycles. The Kier molecular flexibility index (Phi) is 3.79. The van der Waals surface area contributed by atoms with Gasteiger partial charge in [0.25, 0.3) is 5.91 Å². The molecule has 0 radical (unpaired) electrons. The average molecular weight is 263 g/mol. The predicted molar refractivity (Wildman–Crippen MR) is 67.9 cm³/mol. The molecule has 19 heavy (non-hydrogen) atoms. The Balaban J connectivity index is 2.03. The number of aromatic nitrogens is 1. The summed E-state index contributed by atoms with van der Waals surface area (Å²) in [5.41, 5.74) is 5.44. The van der Waals surface area contributed by atoms with E-state index in [1.54, 1.807) is 6.20 Å². The number of benzene rings is 1. The van der Waals surface area contributed by atoms with E-state index in [9.17, 15) is 9.18 Å². The minimum atomic E-state index is -0.614. The Morgan fingerprint density at radius 2 is 2.32 bits per heavy atom. The molecule has 0 fully saturated rings. The summed E-state index contributed by atoms with van der Waals surface area (Å²) in [5, 5.41) is 2.58. The highest BCUT2D eigenvalue weighted by Crippen LogP contribution is 2.15. The number of rotatable bonds is 4. The standard InChI is InChI=1S/C13H14FN3O2/c1-2-8-6-16-11(19-8)7-17-13(18)9-4-3-5-10(14)12(9)15/h3-6H,2,7,15H2,1H3,(H,17,18). The SMILES string of the molecule is CCc1cnc(CNC(=O)c2cccc(F)c2N)o1. The number of halogens is 1. The van der Waals surface area contributed by atoms with Crippen molar-refractivity contribution in [2.45, 2.75) is 19.9 Å². The molecule has 1 amide bonds. The molecule has 1 heterocycles. The van der Waals surface area contributed by atoms with Crippen LogP contribution in [0.3, 0.4) is 0 Å². The number of carbonyl (C=O) groups excluding carboxylic acids is 1. The summed E-state index contributed by atoms with van der Waals surface area (Å²) in [6.45, 7) is 2.07. The van der Waals surface area contributed by atoms with Crippen molar-refractivity contribution >= 4 is 11.6 Å². The van der Waals surface area contributed by atoms with Crippen LogP contribution >= 0.6 is 0 Å². The van der Waals surface area contributed by atoms with Crippen LogP contribution in [0.5, 0.6) is 0 Å². The quantitative estimate of drug-likeness (QED) is 0.825. The minimum absolute atomic E-state index is 0.0993. The van der Waals surface area contributed by atoms with Gasteiger partial charge >= 0.3 is 0 Å². The summed E-state index contributed by atoms with van der Waals surface area (Å²) >= 11 is 0.